The standard InChI is InChI=1S/C20H18N2O3S/c1-3-10-25-17-9-4-6-14(11-17)20-22-18(13-26-20)19(23)21-15-7-5-8-16(12-15)24-2/h3-9,11-13H,1,10H2,2H3,(H,21,23). The smallest absolute Gasteiger partial charge is 0.275 e. The minimum atomic E-state index is -0.264. The number of carbonyl (C=O) groups excluding carboxylic acids is 1. The van der Waals surface area contributed by atoms with E-state index in [9.17, 15) is 4.79 Å². The largest absolute Gasteiger partial charge is 0.497 e. The number of thiazole rings is 1. The number of aromatic nitrogens is 1. The summed E-state index contributed by atoms with van der Waals surface area (Å²) >= 11 is 1.41. The Morgan fingerprint density at radius 1 is 1.23 bits per heavy atom. The van der Waals surface area contributed by atoms with E-state index in [-0.39, 0.29) is 5.91 Å². The Balaban J connectivity index is 1.74. The lowest BCUT2D eigenvalue weighted by atomic mass is 10.2. The summed E-state index contributed by atoms with van der Waals surface area (Å²) in [6.07, 6.45) is 1.69. The molecule has 0 radical (unpaired) electrons. The Morgan fingerprint density at radius 2 is 2.04 bits per heavy atom. The van der Waals surface area contributed by atoms with Crippen LogP contribution in [0.25, 0.3) is 10.6 Å². The van der Waals surface area contributed by atoms with Gasteiger partial charge in [-0.1, -0.05) is 30.9 Å². The van der Waals surface area contributed by atoms with Crippen molar-refractivity contribution in [2.24, 2.45) is 0 Å². The number of methoxy groups -OCH3 is 1. The quantitative estimate of drug-likeness (QED) is 0.619. The van der Waals surface area contributed by atoms with Gasteiger partial charge in [-0.15, -0.1) is 11.3 Å². The summed E-state index contributed by atoms with van der Waals surface area (Å²) in [5.41, 5.74) is 1.92. The Labute approximate surface area is 155 Å². The molecule has 0 spiro atoms. The summed E-state index contributed by atoms with van der Waals surface area (Å²) in [7, 11) is 1.58. The summed E-state index contributed by atoms with van der Waals surface area (Å²) in [5.74, 6) is 1.15. The van der Waals surface area contributed by atoms with E-state index in [0.29, 0.717) is 23.7 Å². The predicted molar refractivity (Wildman–Crippen MR) is 104 cm³/mol. The first kappa shape index (κ1) is 17.7. The molecule has 3 aromatic rings. The molecule has 0 aliphatic carbocycles. The summed E-state index contributed by atoms with van der Waals surface area (Å²) in [6.45, 7) is 4.08. The summed E-state index contributed by atoms with van der Waals surface area (Å²) in [6, 6.07) is 14.8. The molecule has 1 heterocycles. The zero-order valence-corrected chi connectivity index (χ0v) is 15.1. The highest BCUT2D eigenvalue weighted by Gasteiger charge is 2.13. The molecule has 1 aromatic heterocycles. The number of hydrogen-bond donors (Lipinski definition) is 1. The second-order valence-corrected chi connectivity index (χ2v) is 6.21. The highest BCUT2D eigenvalue weighted by molar-refractivity contribution is 7.13. The molecular formula is C20H18N2O3S. The van der Waals surface area contributed by atoms with Crippen molar-refractivity contribution < 1.29 is 14.3 Å². The zero-order valence-electron chi connectivity index (χ0n) is 14.3. The van der Waals surface area contributed by atoms with Gasteiger partial charge in [0.25, 0.3) is 5.91 Å². The number of rotatable bonds is 7. The third kappa shape index (κ3) is 4.29. The maximum atomic E-state index is 12.4. The second-order valence-electron chi connectivity index (χ2n) is 5.35. The number of benzene rings is 2. The average molecular weight is 366 g/mol. The van der Waals surface area contributed by atoms with Crippen LogP contribution in [0.4, 0.5) is 5.69 Å². The zero-order chi connectivity index (χ0) is 18.4. The molecule has 1 N–H and O–H groups in total. The Kier molecular flexibility index (Phi) is 5.66. The van der Waals surface area contributed by atoms with Crippen molar-refractivity contribution in [2.75, 3.05) is 19.0 Å². The first-order valence-corrected chi connectivity index (χ1v) is 8.82. The van der Waals surface area contributed by atoms with E-state index < -0.39 is 0 Å². The molecule has 0 saturated heterocycles. The molecular weight excluding hydrogens is 348 g/mol. The van der Waals surface area contributed by atoms with Crippen molar-refractivity contribution in [3.63, 3.8) is 0 Å². The number of nitrogens with one attached hydrogen (secondary N) is 1. The van der Waals surface area contributed by atoms with Gasteiger partial charge in [0, 0.05) is 22.7 Å². The maximum Gasteiger partial charge on any atom is 0.275 e. The highest BCUT2D eigenvalue weighted by atomic mass is 32.1. The van der Waals surface area contributed by atoms with Crippen molar-refractivity contribution >= 4 is 22.9 Å². The van der Waals surface area contributed by atoms with Crippen molar-refractivity contribution in [2.45, 2.75) is 0 Å². The normalized spacial score (nSPS) is 10.2. The summed E-state index contributed by atoms with van der Waals surface area (Å²) in [5, 5.41) is 5.32. The number of ether oxygens (including phenoxy) is 2. The molecule has 0 unspecified atom stereocenters. The number of carbonyl (C=O) groups is 1. The van der Waals surface area contributed by atoms with E-state index >= 15 is 0 Å². The molecule has 5 nitrogen and oxygen atoms in total. The SMILES string of the molecule is C=CCOc1cccc(-c2nc(C(=O)Nc3cccc(OC)c3)cs2)c1. The van der Waals surface area contributed by atoms with E-state index in [4.69, 9.17) is 9.47 Å². The van der Waals surface area contributed by atoms with Gasteiger partial charge in [0.15, 0.2) is 0 Å². The van der Waals surface area contributed by atoms with E-state index in [0.717, 1.165) is 16.3 Å². The van der Waals surface area contributed by atoms with Gasteiger partial charge in [0.05, 0.1) is 7.11 Å². The minimum Gasteiger partial charge on any atom is -0.497 e. The lowest BCUT2D eigenvalue weighted by Crippen LogP contribution is -2.12. The van der Waals surface area contributed by atoms with Crippen molar-refractivity contribution in [3.05, 3.63) is 72.3 Å². The Morgan fingerprint density at radius 3 is 2.85 bits per heavy atom. The van der Waals surface area contributed by atoms with Crippen LogP contribution in [0.5, 0.6) is 11.5 Å². The highest BCUT2D eigenvalue weighted by Crippen LogP contribution is 2.27. The molecule has 132 valence electrons. The fourth-order valence-electron chi connectivity index (χ4n) is 2.28. The first-order valence-electron chi connectivity index (χ1n) is 7.94. The van der Waals surface area contributed by atoms with Crippen LogP contribution in [0.15, 0.2) is 66.6 Å². The van der Waals surface area contributed by atoms with Gasteiger partial charge >= 0.3 is 0 Å². The van der Waals surface area contributed by atoms with E-state index in [1.807, 2.05) is 36.4 Å². The van der Waals surface area contributed by atoms with Gasteiger partial charge in [-0.2, -0.15) is 0 Å². The molecule has 0 fully saturated rings. The molecule has 0 saturated carbocycles. The van der Waals surface area contributed by atoms with Gasteiger partial charge in [0.2, 0.25) is 0 Å². The topological polar surface area (TPSA) is 60.5 Å². The lowest BCUT2D eigenvalue weighted by Gasteiger charge is -2.05. The van der Waals surface area contributed by atoms with Crippen LogP contribution in [0.1, 0.15) is 10.5 Å². The second kappa shape index (κ2) is 8.31. The van der Waals surface area contributed by atoms with Gasteiger partial charge in [-0.3, -0.25) is 4.79 Å². The Bertz CT molecular complexity index is 921. The predicted octanol–water partition coefficient (Wildman–Crippen LogP) is 4.64. The summed E-state index contributed by atoms with van der Waals surface area (Å²) < 4.78 is 10.7. The van der Waals surface area contributed by atoms with Crippen LogP contribution in [-0.2, 0) is 0 Å². The van der Waals surface area contributed by atoms with Crippen LogP contribution < -0.4 is 14.8 Å². The molecule has 26 heavy (non-hydrogen) atoms. The van der Waals surface area contributed by atoms with Crippen molar-refractivity contribution in [1.29, 1.82) is 0 Å². The van der Waals surface area contributed by atoms with Crippen LogP contribution in [0, 0.1) is 0 Å². The molecule has 2 aromatic carbocycles. The molecule has 0 aliphatic rings. The van der Waals surface area contributed by atoms with Gasteiger partial charge in [-0.05, 0) is 24.3 Å². The van der Waals surface area contributed by atoms with Crippen molar-refractivity contribution in [3.8, 4) is 22.1 Å². The van der Waals surface area contributed by atoms with Crippen LogP contribution in [0.3, 0.4) is 0 Å². The summed E-state index contributed by atoms with van der Waals surface area (Å²) in [4.78, 5) is 16.9. The van der Waals surface area contributed by atoms with E-state index in [1.54, 1.807) is 30.7 Å². The van der Waals surface area contributed by atoms with Crippen LogP contribution in [0.2, 0.25) is 0 Å². The molecule has 0 bridgehead atoms. The molecule has 0 atom stereocenters. The number of nitrogens with zero attached hydrogens (tertiary/aromatic N) is 1. The molecule has 3 rings (SSSR count). The molecule has 1 amide bonds. The van der Waals surface area contributed by atoms with Gasteiger partial charge < -0.3 is 14.8 Å². The maximum absolute atomic E-state index is 12.4. The minimum absolute atomic E-state index is 0.264. The Hall–Kier alpha value is -3.12. The van der Waals surface area contributed by atoms with E-state index in [1.165, 1.54) is 11.3 Å². The lowest BCUT2D eigenvalue weighted by molar-refractivity contribution is 0.102. The average Bonchev–Trinajstić information content (AvgIpc) is 3.17. The monoisotopic (exact) mass is 366 g/mol. The fourth-order valence-corrected chi connectivity index (χ4v) is 3.08. The van der Waals surface area contributed by atoms with E-state index in [2.05, 4.69) is 16.9 Å². The third-order valence-electron chi connectivity index (χ3n) is 3.51. The van der Waals surface area contributed by atoms with Crippen LogP contribution >= 0.6 is 11.3 Å². The number of amides is 1. The van der Waals surface area contributed by atoms with Gasteiger partial charge in [-0.25, -0.2) is 4.98 Å². The number of hydrogen-bond acceptors (Lipinski definition) is 5. The van der Waals surface area contributed by atoms with Crippen molar-refractivity contribution in [1.82, 2.24) is 4.98 Å². The first-order chi connectivity index (χ1) is 12.7. The number of anilines is 1. The van der Waals surface area contributed by atoms with Gasteiger partial charge in [0.1, 0.15) is 28.8 Å². The van der Waals surface area contributed by atoms with Crippen LogP contribution in [-0.4, -0.2) is 24.6 Å². The fraction of sp³-hybridized carbons (Fsp3) is 0.100. The molecule has 0 aliphatic heterocycles. The third-order valence-corrected chi connectivity index (χ3v) is 4.40. The molecule has 6 heteroatoms.